The Labute approximate surface area is 148 Å². The van der Waals surface area contributed by atoms with Crippen LogP contribution in [0.4, 0.5) is 0 Å². The van der Waals surface area contributed by atoms with Crippen molar-refractivity contribution in [1.82, 2.24) is 10.2 Å². The van der Waals surface area contributed by atoms with E-state index in [1.807, 2.05) is 60.7 Å². The maximum atomic E-state index is 12.6. The molecule has 0 bridgehead atoms. The molecule has 1 saturated heterocycles. The summed E-state index contributed by atoms with van der Waals surface area (Å²) in [5.74, 6) is 0.0237. The van der Waals surface area contributed by atoms with E-state index in [0.29, 0.717) is 25.9 Å². The molecule has 0 aliphatic carbocycles. The lowest BCUT2D eigenvalue weighted by atomic mass is 10.1. The van der Waals surface area contributed by atoms with Crippen molar-refractivity contribution in [2.24, 2.45) is 0 Å². The lowest BCUT2D eigenvalue weighted by molar-refractivity contribution is -0.138. The summed E-state index contributed by atoms with van der Waals surface area (Å²) in [5.41, 5.74) is 2.22. The van der Waals surface area contributed by atoms with E-state index in [4.69, 9.17) is 0 Å². The van der Waals surface area contributed by atoms with E-state index in [1.54, 1.807) is 4.90 Å². The Bertz CT molecular complexity index is 639. The van der Waals surface area contributed by atoms with Gasteiger partial charge in [-0.3, -0.25) is 9.59 Å². The molecule has 0 spiro atoms. The summed E-state index contributed by atoms with van der Waals surface area (Å²) < 4.78 is 0. The van der Waals surface area contributed by atoms with Gasteiger partial charge in [-0.25, -0.2) is 0 Å². The number of rotatable bonds is 6. The SMILES string of the molecule is O=C(NCc1ccccc1)[C@@H]1CCCN1C(=O)CCc1ccccc1. The molecule has 1 fully saturated rings. The third-order valence-corrected chi connectivity index (χ3v) is 4.66. The van der Waals surface area contributed by atoms with Crippen LogP contribution in [0.3, 0.4) is 0 Å². The Morgan fingerprint density at radius 1 is 0.960 bits per heavy atom. The summed E-state index contributed by atoms with van der Waals surface area (Å²) in [5, 5.41) is 2.97. The number of amides is 2. The molecule has 130 valence electrons. The minimum Gasteiger partial charge on any atom is -0.350 e. The molecule has 2 aromatic carbocycles. The Hall–Kier alpha value is -2.62. The molecular formula is C21H24N2O2. The molecule has 1 N–H and O–H groups in total. The van der Waals surface area contributed by atoms with E-state index in [1.165, 1.54) is 0 Å². The average molecular weight is 336 g/mol. The lowest BCUT2D eigenvalue weighted by Gasteiger charge is -2.24. The standard InChI is InChI=1S/C21H24N2O2/c24-20(14-13-17-8-3-1-4-9-17)23-15-7-12-19(23)21(25)22-16-18-10-5-2-6-11-18/h1-6,8-11,19H,7,12-16H2,(H,22,25)/t19-/m0/s1. The van der Waals surface area contributed by atoms with Crippen molar-refractivity contribution in [2.45, 2.75) is 38.3 Å². The number of benzene rings is 2. The summed E-state index contributed by atoms with van der Waals surface area (Å²) >= 11 is 0. The summed E-state index contributed by atoms with van der Waals surface area (Å²) in [6.45, 7) is 1.18. The Morgan fingerprint density at radius 2 is 1.60 bits per heavy atom. The maximum absolute atomic E-state index is 12.6. The molecule has 0 unspecified atom stereocenters. The number of hydrogen-bond acceptors (Lipinski definition) is 2. The molecule has 3 rings (SSSR count). The van der Waals surface area contributed by atoms with Crippen LogP contribution < -0.4 is 5.32 Å². The zero-order valence-electron chi connectivity index (χ0n) is 14.4. The van der Waals surface area contributed by atoms with Gasteiger partial charge in [0.2, 0.25) is 11.8 Å². The fourth-order valence-electron chi connectivity index (χ4n) is 3.28. The highest BCUT2D eigenvalue weighted by Gasteiger charge is 2.33. The fourth-order valence-corrected chi connectivity index (χ4v) is 3.28. The highest BCUT2D eigenvalue weighted by atomic mass is 16.2. The number of nitrogens with one attached hydrogen (secondary N) is 1. The van der Waals surface area contributed by atoms with E-state index in [2.05, 4.69) is 5.32 Å². The zero-order valence-corrected chi connectivity index (χ0v) is 14.4. The number of likely N-dealkylation sites (tertiary alicyclic amines) is 1. The average Bonchev–Trinajstić information content (AvgIpc) is 3.16. The van der Waals surface area contributed by atoms with Gasteiger partial charge in [-0.05, 0) is 30.4 Å². The van der Waals surface area contributed by atoms with E-state index in [9.17, 15) is 9.59 Å². The molecule has 1 atom stereocenters. The van der Waals surface area contributed by atoms with Crippen LogP contribution in [-0.4, -0.2) is 29.3 Å². The third-order valence-electron chi connectivity index (χ3n) is 4.66. The topological polar surface area (TPSA) is 49.4 Å². The minimum absolute atomic E-state index is 0.0468. The van der Waals surface area contributed by atoms with Crippen LogP contribution in [-0.2, 0) is 22.6 Å². The number of aryl methyl sites for hydroxylation is 1. The van der Waals surface area contributed by atoms with Crippen LogP contribution in [0.15, 0.2) is 60.7 Å². The molecular weight excluding hydrogens is 312 g/mol. The largest absolute Gasteiger partial charge is 0.350 e. The van der Waals surface area contributed by atoms with E-state index >= 15 is 0 Å². The zero-order chi connectivity index (χ0) is 17.5. The van der Waals surface area contributed by atoms with Crippen molar-refractivity contribution in [3.8, 4) is 0 Å². The van der Waals surface area contributed by atoms with Crippen LogP contribution in [0.2, 0.25) is 0 Å². The first-order valence-electron chi connectivity index (χ1n) is 8.89. The van der Waals surface area contributed by atoms with Crippen LogP contribution in [0, 0.1) is 0 Å². The summed E-state index contributed by atoms with van der Waals surface area (Å²) in [4.78, 5) is 26.8. The quantitative estimate of drug-likeness (QED) is 0.882. The Balaban J connectivity index is 1.52. The van der Waals surface area contributed by atoms with Gasteiger partial charge in [-0.15, -0.1) is 0 Å². The third kappa shape index (κ3) is 4.69. The molecule has 1 aliphatic rings. The number of carbonyl (C=O) groups excluding carboxylic acids is 2. The molecule has 1 heterocycles. The van der Waals surface area contributed by atoms with Crippen molar-refractivity contribution in [3.63, 3.8) is 0 Å². The highest BCUT2D eigenvalue weighted by molar-refractivity contribution is 5.88. The van der Waals surface area contributed by atoms with Gasteiger partial charge in [0.15, 0.2) is 0 Å². The molecule has 2 amide bonds. The van der Waals surface area contributed by atoms with Gasteiger partial charge in [-0.1, -0.05) is 60.7 Å². The molecule has 4 heteroatoms. The molecule has 0 radical (unpaired) electrons. The first kappa shape index (κ1) is 17.2. The predicted molar refractivity (Wildman–Crippen MR) is 97.8 cm³/mol. The Kier molecular flexibility index (Phi) is 5.83. The van der Waals surface area contributed by atoms with E-state index in [-0.39, 0.29) is 17.9 Å². The first-order valence-corrected chi connectivity index (χ1v) is 8.89. The molecule has 2 aromatic rings. The summed E-state index contributed by atoms with van der Waals surface area (Å²) in [6, 6.07) is 19.5. The normalized spacial score (nSPS) is 16.6. The number of hydrogen-bond donors (Lipinski definition) is 1. The number of nitrogens with zero attached hydrogens (tertiary/aromatic N) is 1. The molecule has 1 aliphatic heterocycles. The van der Waals surface area contributed by atoms with E-state index < -0.39 is 0 Å². The summed E-state index contributed by atoms with van der Waals surface area (Å²) in [6.07, 6.45) is 2.80. The second-order valence-corrected chi connectivity index (χ2v) is 6.43. The van der Waals surface area contributed by atoms with Crippen LogP contribution in [0.1, 0.15) is 30.4 Å². The van der Waals surface area contributed by atoms with E-state index in [0.717, 1.165) is 24.0 Å². The lowest BCUT2D eigenvalue weighted by Crippen LogP contribution is -2.45. The van der Waals surface area contributed by atoms with Crippen LogP contribution in [0.5, 0.6) is 0 Å². The van der Waals surface area contributed by atoms with Gasteiger partial charge < -0.3 is 10.2 Å². The van der Waals surface area contributed by atoms with Crippen molar-refractivity contribution in [2.75, 3.05) is 6.54 Å². The predicted octanol–water partition coefficient (Wildman–Crippen LogP) is 2.93. The smallest absolute Gasteiger partial charge is 0.243 e. The van der Waals surface area contributed by atoms with Gasteiger partial charge in [0, 0.05) is 19.5 Å². The monoisotopic (exact) mass is 336 g/mol. The molecule has 0 aromatic heterocycles. The molecule has 25 heavy (non-hydrogen) atoms. The second-order valence-electron chi connectivity index (χ2n) is 6.43. The summed E-state index contributed by atoms with van der Waals surface area (Å²) in [7, 11) is 0. The van der Waals surface area contributed by atoms with Crippen LogP contribution >= 0.6 is 0 Å². The van der Waals surface area contributed by atoms with Gasteiger partial charge in [-0.2, -0.15) is 0 Å². The first-order chi connectivity index (χ1) is 12.2. The maximum Gasteiger partial charge on any atom is 0.243 e. The second kappa shape index (κ2) is 8.47. The van der Waals surface area contributed by atoms with Crippen molar-refractivity contribution in [1.29, 1.82) is 0 Å². The van der Waals surface area contributed by atoms with Crippen molar-refractivity contribution >= 4 is 11.8 Å². The Morgan fingerprint density at radius 3 is 2.28 bits per heavy atom. The fraction of sp³-hybridized carbons (Fsp3) is 0.333. The molecule has 0 saturated carbocycles. The van der Waals surface area contributed by atoms with Gasteiger partial charge in [0.1, 0.15) is 6.04 Å². The number of carbonyl (C=O) groups is 2. The van der Waals surface area contributed by atoms with Gasteiger partial charge in [0.05, 0.1) is 0 Å². The minimum atomic E-state index is -0.327. The van der Waals surface area contributed by atoms with Crippen molar-refractivity contribution in [3.05, 3.63) is 71.8 Å². The highest BCUT2D eigenvalue weighted by Crippen LogP contribution is 2.19. The van der Waals surface area contributed by atoms with Gasteiger partial charge >= 0.3 is 0 Å². The van der Waals surface area contributed by atoms with Crippen molar-refractivity contribution < 1.29 is 9.59 Å². The molecule has 4 nitrogen and oxygen atoms in total. The van der Waals surface area contributed by atoms with Crippen LogP contribution in [0.25, 0.3) is 0 Å². The van der Waals surface area contributed by atoms with Gasteiger partial charge in [0.25, 0.3) is 0 Å².